The lowest BCUT2D eigenvalue weighted by atomic mass is 10.0. The van der Waals surface area contributed by atoms with Crippen LogP contribution in [0.3, 0.4) is 0 Å². The van der Waals surface area contributed by atoms with Crippen LogP contribution < -0.4 is 9.62 Å². The van der Waals surface area contributed by atoms with Crippen molar-refractivity contribution in [3.63, 3.8) is 0 Å². The minimum absolute atomic E-state index is 0.106. The van der Waals surface area contributed by atoms with Gasteiger partial charge in [0.05, 0.1) is 11.9 Å². The Bertz CT molecular complexity index is 1360. The third-order valence-electron chi connectivity index (χ3n) is 6.20. The van der Waals surface area contributed by atoms with Crippen LogP contribution in [0.15, 0.2) is 72.8 Å². The Balaban J connectivity index is 2.06. The highest BCUT2D eigenvalue weighted by Crippen LogP contribution is 2.25. The van der Waals surface area contributed by atoms with Crippen LogP contribution in [-0.4, -0.2) is 50.5 Å². The predicted octanol–water partition coefficient (Wildman–Crippen LogP) is 4.50. The van der Waals surface area contributed by atoms with Crippen LogP contribution in [0.4, 0.5) is 5.69 Å². The number of amides is 2. The van der Waals surface area contributed by atoms with Crippen molar-refractivity contribution in [2.45, 2.75) is 39.8 Å². The van der Waals surface area contributed by atoms with Crippen LogP contribution in [0, 0.1) is 13.8 Å². The molecule has 0 aliphatic rings. The maximum absolute atomic E-state index is 14.0. The van der Waals surface area contributed by atoms with E-state index in [1.54, 1.807) is 37.3 Å². The summed E-state index contributed by atoms with van der Waals surface area (Å²) in [5, 5.41) is 3.39. The van der Waals surface area contributed by atoms with E-state index in [1.165, 1.54) is 4.90 Å². The minimum Gasteiger partial charge on any atom is -0.355 e. The molecule has 7 nitrogen and oxygen atoms in total. The van der Waals surface area contributed by atoms with Gasteiger partial charge in [-0.1, -0.05) is 66.2 Å². The SMILES string of the molecule is CCNC(=O)C(Cc1ccccc1)N(Cc1ccc(Cl)cc1)C(=O)CN(c1cc(C)ccc1C)S(C)(=O)=O. The van der Waals surface area contributed by atoms with Gasteiger partial charge < -0.3 is 10.2 Å². The smallest absolute Gasteiger partial charge is 0.244 e. The summed E-state index contributed by atoms with van der Waals surface area (Å²) >= 11 is 6.07. The Kier molecular flexibility index (Phi) is 9.94. The Labute approximate surface area is 230 Å². The molecule has 2 amide bonds. The average Bonchev–Trinajstić information content (AvgIpc) is 2.87. The van der Waals surface area contributed by atoms with Gasteiger partial charge in [0.2, 0.25) is 21.8 Å². The second-order valence-electron chi connectivity index (χ2n) is 9.31. The third kappa shape index (κ3) is 7.82. The highest BCUT2D eigenvalue weighted by molar-refractivity contribution is 7.92. The number of halogens is 1. The van der Waals surface area contributed by atoms with Crippen molar-refractivity contribution in [2.24, 2.45) is 0 Å². The molecule has 0 fully saturated rings. The van der Waals surface area contributed by atoms with Crippen molar-refractivity contribution in [3.05, 3.63) is 100 Å². The Hall–Kier alpha value is -3.36. The molecule has 3 aromatic carbocycles. The lowest BCUT2D eigenvalue weighted by molar-refractivity contribution is -0.140. The van der Waals surface area contributed by atoms with Crippen molar-refractivity contribution in [3.8, 4) is 0 Å². The summed E-state index contributed by atoms with van der Waals surface area (Å²) < 4.78 is 26.9. The largest absolute Gasteiger partial charge is 0.355 e. The molecular formula is C29H34ClN3O4S. The fourth-order valence-electron chi connectivity index (χ4n) is 4.22. The summed E-state index contributed by atoms with van der Waals surface area (Å²) in [4.78, 5) is 28.8. The number of rotatable bonds is 11. The highest BCUT2D eigenvalue weighted by atomic mass is 35.5. The summed E-state index contributed by atoms with van der Waals surface area (Å²) in [6.45, 7) is 5.54. The maximum Gasteiger partial charge on any atom is 0.244 e. The van der Waals surface area contributed by atoms with Gasteiger partial charge in [-0.2, -0.15) is 0 Å². The molecule has 0 aliphatic carbocycles. The average molecular weight is 556 g/mol. The summed E-state index contributed by atoms with van der Waals surface area (Å²) in [5.41, 5.74) is 3.68. The Morgan fingerprint density at radius 3 is 2.21 bits per heavy atom. The topological polar surface area (TPSA) is 86.8 Å². The summed E-state index contributed by atoms with van der Waals surface area (Å²) in [6, 6.07) is 21.1. The van der Waals surface area contributed by atoms with Crippen LogP contribution >= 0.6 is 11.6 Å². The van der Waals surface area contributed by atoms with Gasteiger partial charge in [0, 0.05) is 24.5 Å². The minimum atomic E-state index is -3.81. The van der Waals surface area contributed by atoms with E-state index in [2.05, 4.69) is 5.32 Å². The zero-order valence-corrected chi connectivity index (χ0v) is 23.7. The van der Waals surface area contributed by atoms with Crippen LogP contribution in [0.25, 0.3) is 0 Å². The predicted molar refractivity (Wildman–Crippen MR) is 153 cm³/mol. The van der Waals surface area contributed by atoms with E-state index in [0.717, 1.165) is 32.8 Å². The number of anilines is 1. The van der Waals surface area contributed by atoms with Gasteiger partial charge in [-0.15, -0.1) is 0 Å². The van der Waals surface area contributed by atoms with E-state index in [4.69, 9.17) is 11.6 Å². The van der Waals surface area contributed by atoms with Crippen LogP contribution in [0.5, 0.6) is 0 Å². The van der Waals surface area contributed by atoms with Crippen molar-refractivity contribution in [1.29, 1.82) is 0 Å². The molecule has 0 spiro atoms. The van der Waals surface area contributed by atoms with Crippen molar-refractivity contribution in [1.82, 2.24) is 10.2 Å². The maximum atomic E-state index is 14.0. The van der Waals surface area contributed by atoms with Gasteiger partial charge in [-0.05, 0) is 61.2 Å². The van der Waals surface area contributed by atoms with Gasteiger partial charge in [0.25, 0.3) is 0 Å². The molecule has 0 saturated carbocycles. The summed E-state index contributed by atoms with van der Waals surface area (Å²) in [6.07, 6.45) is 1.35. The standard InChI is InChI=1S/C29H34ClN3O4S/c1-5-31-29(35)27(18-23-9-7-6-8-10-23)32(19-24-13-15-25(30)16-14-24)28(34)20-33(38(4,36)37)26-17-21(2)11-12-22(26)3/h6-17,27H,5,18-20H2,1-4H3,(H,31,35). The van der Waals surface area contributed by atoms with Crippen LogP contribution in [0.2, 0.25) is 5.02 Å². The first kappa shape index (κ1) is 29.2. The van der Waals surface area contributed by atoms with E-state index in [9.17, 15) is 18.0 Å². The molecule has 38 heavy (non-hydrogen) atoms. The first-order valence-corrected chi connectivity index (χ1v) is 14.6. The number of nitrogens with zero attached hydrogens (tertiary/aromatic N) is 2. The first-order chi connectivity index (χ1) is 18.0. The zero-order chi connectivity index (χ0) is 27.9. The van der Waals surface area contributed by atoms with E-state index in [0.29, 0.717) is 17.3 Å². The van der Waals surface area contributed by atoms with Crippen LogP contribution in [0.1, 0.15) is 29.2 Å². The lowest BCUT2D eigenvalue weighted by Crippen LogP contribution is -2.53. The van der Waals surface area contributed by atoms with E-state index < -0.39 is 28.5 Å². The molecule has 3 rings (SSSR count). The van der Waals surface area contributed by atoms with E-state index in [-0.39, 0.29) is 18.9 Å². The molecular weight excluding hydrogens is 522 g/mol. The number of benzene rings is 3. The number of carbonyl (C=O) groups is 2. The number of nitrogens with one attached hydrogen (secondary N) is 1. The molecule has 202 valence electrons. The molecule has 9 heteroatoms. The number of sulfonamides is 1. The van der Waals surface area contributed by atoms with Crippen molar-refractivity contribution >= 4 is 39.1 Å². The fraction of sp³-hybridized carbons (Fsp3) is 0.310. The van der Waals surface area contributed by atoms with Crippen molar-refractivity contribution < 1.29 is 18.0 Å². The number of likely N-dealkylation sites (N-methyl/N-ethyl adjacent to an activating group) is 1. The molecule has 0 aliphatic heterocycles. The summed E-state index contributed by atoms with van der Waals surface area (Å²) in [7, 11) is -3.81. The van der Waals surface area contributed by atoms with E-state index in [1.807, 2.05) is 56.3 Å². The van der Waals surface area contributed by atoms with Crippen molar-refractivity contribution in [2.75, 3.05) is 23.7 Å². The number of carbonyl (C=O) groups excluding carboxylic acids is 2. The number of aryl methyl sites for hydroxylation is 2. The molecule has 1 atom stereocenters. The Morgan fingerprint density at radius 2 is 1.61 bits per heavy atom. The quantitative estimate of drug-likeness (QED) is 0.377. The van der Waals surface area contributed by atoms with Gasteiger partial charge in [-0.3, -0.25) is 13.9 Å². The molecule has 0 bridgehead atoms. The third-order valence-corrected chi connectivity index (χ3v) is 7.58. The number of hydrogen-bond donors (Lipinski definition) is 1. The normalized spacial score (nSPS) is 12.0. The molecule has 0 saturated heterocycles. The first-order valence-electron chi connectivity index (χ1n) is 12.4. The Morgan fingerprint density at radius 1 is 0.947 bits per heavy atom. The zero-order valence-electron chi connectivity index (χ0n) is 22.1. The van der Waals surface area contributed by atoms with Crippen LogP contribution in [-0.2, 0) is 32.6 Å². The lowest BCUT2D eigenvalue weighted by Gasteiger charge is -2.33. The van der Waals surface area contributed by atoms with E-state index >= 15 is 0 Å². The fourth-order valence-corrected chi connectivity index (χ4v) is 5.24. The highest BCUT2D eigenvalue weighted by Gasteiger charge is 2.33. The monoisotopic (exact) mass is 555 g/mol. The molecule has 0 heterocycles. The molecule has 1 unspecified atom stereocenters. The summed E-state index contributed by atoms with van der Waals surface area (Å²) in [5.74, 6) is -0.797. The molecule has 1 N–H and O–H groups in total. The van der Waals surface area contributed by atoms with Gasteiger partial charge in [0.1, 0.15) is 12.6 Å². The molecule has 0 radical (unpaired) electrons. The van der Waals surface area contributed by atoms with Gasteiger partial charge in [-0.25, -0.2) is 8.42 Å². The van der Waals surface area contributed by atoms with Gasteiger partial charge >= 0.3 is 0 Å². The number of hydrogen-bond acceptors (Lipinski definition) is 4. The second kappa shape index (κ2) is 12.9. The second-order valence-corrected chi connectivity index (χ2v) is 11.7. The molecule has 3 aromatic rings. The van der Waals surface area contributed by atoms with Gasteiger partial charge in [0.15, 0.2) is 0 Å². The molecule has 0 aromatic heterocycles.